The van der Waals surface area contributed by atoms with Gasteiger partial charge in [-0.25, -0.2) is 4.98 Å². The van der Waals surface area contributed by atoms with Gasteiger partial charge in [0.2, 0.25) is 0 Å². The van der Waals surface area contributed by atoms with Gasteiger partial charge in [-0.2, -0.15) is 0 Å². The summed E-state index contributed by atoms with van der Waals surface area (Å²) in [6.45, 7) is 4.13. The van der Waals surface area contributed by atoms with Crippen molar-refractivity contribution in [1.82, 2.24) is 4.98 Å². The minimum atomic E-state index is -0.316. The zero-order chi connectivity index (χ0) is 13.0. The fourth-order valence-electron chi connectivity index (χ4n) is 1.88. The zero-order valence-electron chi connectivity index (χ0n) is 10.7. The van der Waals surface area contributed by atoms with E-state index in [-0.39, 0.29) is 5.54 Å². The first kappa shape index (κ1) is 12.9. The van der Waals surface area contributed by atoms with Crippen molar-refractivity contribution in [3.05, 3.63) is 59.8 Å². The molecule has 0 spiro atoms. The summed E-state index contributed by atoms with van der Waals surface area (Å²) in [5.41, 5.74) is 2.02. The summed E-state index contributed by atoms with van der Waals surface area (Å²) in [5.74, 6) is 1.33. The molecule has 0 saturated carbocycles. The van der Waals surface area contributed by atoms with Gasteiger partial charge in [0.25, 0.3) is 0 Å². The van der Waals surface area contributed by atoms with Crippen LogP contribution >= 0.6 is 11.6 Å². The van der Waals surface area contributed by atoms with Crippen LogP contribution in [-0.4, -0.2) is 10.9 Å². The Balaban J connectivity index is 2.29. The minimum Gasteiger partial charge on any atom is -0.360 e. The third-order valence-electron chi connectivity index (χ3n) is 3.00. The second-order valence-corrected chi connectivity index (χ2v) is 4.94. The van der Waals surface area contributed by atoms with Gasteiger partial charge in [-0.15, -0.1) is 11.6 Å². The fraction of sp³-hybridized carbons (Fsp3) is 0.267. The van der Waals surface area contributed by atoms with E-state index in [2.05, 4.69) is 29.4 Å². The molecule has 0 saturated heterocycles. The van der Waals surface area contributed by atoms with Crippen molar-refractivity contribution in [3.63, 3.8) is 0 Å². The average molecular weight is 261 g/mol. The molecular formula is C15H17ClN2. The van der Waals surface area contributed by atoms with Crippen LogP contribution in [0.3, 0.4) is 0 Å². The summed E-state index contributed by atoms with van der Waals surface area (Å²) < 4.78 is 0. The summed E-state index contributed by atoms with van der Waals surface area (Å²) in [7, 11) is 0. The Morgan fingerprint density at radius 2 is 1.94 bits per heavy atom. The van der Waals surface area contributed by atoms with Crippen molar-refractivity contribution < 1.29 is 0 Å². The molecule has 0 radical (unpaired) electrons. The van der Waals surface area contributed by atoms with E-state index in [9.17, 15) is 0 Å². The molecule has 0 aliphatic rings. The van der Waals surface area contributed by atoms with Crippen molar-refractivity contribution in [2.75, 3.05) is 11.2 Å². The Morgan fingerprint density at radius 1 is 1.22 bits per heavy atom. The molecule has 1 atom stereocenters. The average Bonchev–Trinajstić information content (AvgIpc) is 2.39. The van der Waals surface area contributed by atoms with Crippen LogP contribution in [0.4, 0.5) is 5.82 Å². The monoisotopic (exact) mass is 260 g/mol. The smallest absolute Gasteiger partial charge is 0.126 e. The van der Waals surface area contributed by atoms with E-state index in [1.165, 1.54) is 5.56 Å². The maximum atomic E-state index is 6.14. The quantitative estimate of drug-likeness (QED) is 0.842. The number of nitrogens with one attached hydrogen (secondary N) is 1. The number of hydrogen-bond donors (Lipinski definition) is 1. The lowest BCUT2D eigenvalue weighted by molar-refractivity contribution is 0.613. The highest BCUT2D eigenvalue weighted by atomic mass is 35.5. The molecule has 1 aromatic heterocycles. The molecule has 1 heterocycles. The molecule has 1 unspecified atom stereocenters. The number of aromatic nitrogens is 1. The van der Waals surface area contributed by atoms with Gasteiger partial charge in [-0.1, -0.05) is 30.3 Å². The largest absolute Gasteiger partial charge is 0.360 e. The summed E-state index contributed by atoms with van der Waals surface area (Å²) in [6.07, 6.45) is 1.80. The summed E-state index contributed by atoms with van der Waals surface area (Å²) in [5, 5.41) is 3.42. The van der Waals surface area contributed by atoms with Crippen molar-refractivity contribution >= 4 is 17.4 Å². The molecule has 0 aliphatic heterocycles. The molecule has 1 aromatic carbocycles. The number of pyridine rings is 1. The highest BCUT2D eigenvalue weighted by Crippen LogP contribution is 2.26. The molecule has 3 heteroatoms. The molecule has 18 heavy (non-hydrogen) atoms. The number of halogens is 1. The van der Waals surface area contributed by atoms with Crippen LogP contribution in [0.15, 0.2) is 48.7 Å². The van der Waals surface area contributed by atoms with Crippen LogP contribution in [0.25, 0.3) is 0 Å². The molecule has 94 valence electrons. The van der Waals surface area contributed by atoms with E-state index in [0.717, 1.165) is 11.4 Å². The molecule has 2 nitrogen and oxygen atoms in total. The van der Waals surface area contributed by atoms with Crippen molar-refractivity contribution in [2.45, 2.75) is 19.4 Å². The van der Waals surface area contributed by atoms with Gasteiger partial charge < -0.3 is 5.32 Å². The van der Waals surface area contributed by atoms with Gasteiger partial charge in [-0.3, -0.25) is 0 Å². The highest BCUT2D eigenvalue weighted by Gasteiger charge is 2.25. The van der Waals surface area contributed by atoms with Crippen LogP contribution < -0.4 is 5.32 Å². The lowest BCUT2D eigenvalue weighted by Crippen LogP contribution is -2.34. The molecular weight excluding hydrogens is 244 g/mol. The topological polar surface area (TPSA) is 24.9 Å². The predicted octanol–water partition coefficient (Wildman–Crippen LogP) is 3.96. The van der Waals surface area contributed by atoms with E-state index >= 15 is 0 Å². The Hall–Kier alpha value is -1.54. The van der Waals surface area contributed by atoms with Crippen molar-refractivity contribution in [2.24, 2.45) is 0 Å². The molecule has 2 aromatic rings. The Bertz CT molecular complexity index is 513. The fourth-order valence-corrected chi connectivity index (χ4v) is 2.10. The Labute approximate surface area is 113 Å². The van der Waals surface area contributed by atoms with Crippen LogP contribution in [0, 0.1) is 6.92 Å². The molecule has 0 fully saturated rings. The van der Waals surface area contributed by atoms with E-state index in [1.54, 1.807) is 6.20 Å². The second-order valence-electron chi connectivity index (χ2n) is 4.68. The number of alkyl halides is 1. The number of benzene rings is 1. The van der Waals surface area contributed by atoms with Crippen LogP contribution in [0.5, 0.6) is 0 Å². The van der Waals surface area contributed by atoms with E-state index in [0.29, 0.717) is 5.88 Å². The summed E-state index contributed by atoms with van der Waals surface area (Å²) in [4.78, 5) is 4.33. The first-order valence-electron chi connectivity index (χ1n) is 5.96. The molecule has 0 aliphatic carbocycles. The molecule has 1 N–H and O–H groups in total. The van der Waals surface area contributed by atoms with E-state index in [1.807, 2.05) is 37.3 Å². The number of hydrogen-bond acceptors (Lipinski definition) is 2. The van der Waals surface area contributed by atoms with Gasteiger partial charge in [0.05, 0.1) is 5.54 Å². The Morgan fingerprint density at radius 3 is 2.56 bits per heavy atom. The lowest BCUT2D eigenvalue weighted by atomic mass is 9.94. The maximum Gasteiger partial charge on any atom is 0.126 e. The molecule has 0 amide bonds. The number of rotatable bonds is 4. The SMILES string of the molecule is Cc1ccnc(NC(C)(CCl)c2ccccc2)c1. The third kappa shape index (κ3) is 2.82. The van der Waals surface area contributed by atoms with E-state index in [4.69, 9.17) is 11.6 Å². The predicted molar refractivity (Wildman–Crippen MR) is 77.1 cm³/mol. The van der Waals surface area contributed by atoms with Crippen molar-refractivity contribution in [3.8, 4) is 0 Å². The molecule has 0 bridgehead atoms. The zero-order valence-corrected chi connectivity index (χ0v) is 11.4. The lowest BCUT2D eigenvalue weighted by Gasteiger charge is -2.30. The first-order chi connectivity index (χ1) is 8.64. The summed E-state index contributed by atoms with van der Waals surface area (Å²) >= 11 is 6.14. The number of nitrogens with zero attached hydrogens (tertiary/aromatic N) is 1. The number of aryl methyl sites for hydroxylation is 1. The van der Waals surface area contributed by atoms with Gasteiger partial charge in [0.1, 0.15) is 5.82 Å². The third-order valence-corrected chi connectivity index (χ3v) is 3.53. The van der Waals surface area contributed by atoms with Crippen LogP contribution in [0.2, 0.25) is 0 Å². The maximum absolute atomic E-state index is 6.14. The standard InChI is InChI=1S/C15H17ClN2/c1-12-8-9-17-14(10-12)18-15(2,11-16)13-6-4-3-5-7-13/h3-10H,11H2,1-2H3,(H,17,18). The first-order valence-corrected chi connectivity index (χ1v) is 6.50. The normalized spacial score (nSPS) is 13.9. The van der Waals surface area contributed by atoms with Gasteiger partial charge in [-0.05, 0) is 37.1 Å². The second kappa shape index (κ2) is 5.40. The van der Waals surface area contributed by atoms with Gasteiger partial charge >= 0.3 is 0 Å². The van der Waals surface area contributed by atoms with Crippen LogP contribution in [-0.2, 0) is 5.54 Å². The van der Waals surface area contributed by atoms with Gasteiger partial charge in [0, 0.05) is 12.1 Å². The van der Waals surface area contributed by atoms with Crippen LogP contribution in [0.1, 0.15) is 18.1 Å². The highest BCUT2D eigenvalue weighted by molar-refractivity contribution is 6.18. The summed E-state index contributed by atoms with van der Waals surface area (Å²) in [6, 6.07) is 14.2. The van der Waals surface area contributed by atoms with E-state index < -0.39 is 0 Å². The van der Waals surface area contributed by atoms with Gasteiger partial charge in [0.15, 0.2) is 0 Å². The Kier molecular flexibility index (Phi) is 3.87. The minimum absolute atomic E-state index is 0.316. The number of anilines is 1. The van der Waals surface area contributed by atoms with Crippen molar-refractivity contribution in [1.29, 1.82) is 0 Å². The molecule has 2 rings (SSSR count).